The lowest BCUT2D eigenvalue weighted by Crippen LogP contribution is -2.19. The van der Waals surface area contributed by atoms with E-state index in [9.17, 15) is 0 Å². The van der Waals surface area contributed by atoms with Crippen molar-refractivity contribution in [1.29, 1.82) is 0 Å². The molecule has 3 aromatic rings. The Bertz CT molecular complexity index is 1010. The van der Waals surface area contributed by atoms with Crippen LogP contribution in [0.1, 0.15) is 30.1 Å². The summed E-state index contributed by atoms with van der Waals surface area (Å²) in [6.07, 6.45) is 6.07. The lowest BCUT2D eigenvalue weighted by Gasteiger charge is -2.16. The summed E-state index contributed by atoms with van der Waals surface area (Å²) in [5.41, 5.74) is 3.22. The maximum Gasteiger partial charge on any atom is 0.156 e. The summed E-state index contributed by atoms with van der Waals surface area (Å²) >= 11 is 6.20. The van der Waals surface area contributed by atoms with Crippen LogP contribution in [0.3, 0.4) is 0 Å². The molecule has 0 aliphatic carbocycles. The van der Waals surface area contributed by atoms with Crippen LogP contribution in [0.2, 0.25) is 5.15 Å². The molecule has 1 aliphatic rings. The minimum atomic E-state index is 0.442. The second-order valence-corrected chi connectivity index (χ2v) is 6.87. The van der Waals surface area contributed by atoms with Gasteiger partial charge in [-0.2, -0.15) is 0 Å². The van der Waals surface area contributed by atoms with Gasteiger partial charge in [0, 0.05) is 25.2 Å². The lowest BCUT2D eigenvalue weighted by atomic mass is 10.2. The van der Waals surface area contributed by atoms with Crippen molar-refractivity contribution in [3.05, 3.63) is 46.6 Å². The maximum absolute atomic E-state index is 6.20. The second kappa shape index (κ2) is 7.48. The van der Waals surface area contributed by atoms with Crippen molar-refractivity contribution in [3.63, 3.8) is 0 Å². The molecule has 138 valence electrons. The van der Waals surface area contributed by atoms with Gasteiger partial charge >= 0.3 is 0 Å². The van der Waals surface area contributed by atoms with Gasteiger partial charge in [-0.3, -0.25) is 0 Å². The number of methoxy groups -OCH3 is 1. The average Bonchev–Trinajstić information content (AvgIpc) is 3.20. The summed E-state index contributed by atoms with van der Waals surface area (Å²) < 4.78 is 5.27. The van der Waals surface area contributed by atoms with Crippen LogP contribution in [0, 0.1) is 6.92 Å². The monoisotopic (exact) mass is 381 g/mol. The summed E-state index contributed by atoms with van der Waals surface area (Å²) in [6.45, 7) is 3.95. The smallest absolute Gasteiger partial charge is 0.156 e. The van der Waals surface area contributed by atoms with E-state index in [2.05, 4.69) is 19.9 Å². The first-order chi connectivity index (χ1) is 13.1. The fourth-order valence-electron chi connectivity index (χ4n) is 3.18. The highest BCUT2D eigenvalue weighted by molar-refractivity contribution is 6.29. The molecule has 7 heteroatoms. The van der Waals surface area contributed by atoms with E-state index in [1.165, 1.54) is 12.8 Å². The summed E-state index contributed by atoms with van der Waals surface area (Å²) in [7, 11) is 1.64. The third-order valence-corrected chi connectivity index (χ3v) is 4.79. The van der Waals surface area contributed by atoms with Crippen molar-refractivity contribution in [2.75, 3.05) is 25.1 Å². The Hall–Kier alpha value is -2.73. The van der Waals surface area contributed by atoms with Crippen molar-refractivity contribution in [1.82, 2.24) is 19.9 Å². The Balaban J connectivity index is 1.66. The number of fused-ring (bicyclic) bond motifs is 1. The van der Waals surface area contributed by atoms with Crippen molar-refractivity contribution in [3.8, 4) is 5.75 Å². The number of benzene rings is 1. The Morgan fingerprint density at radius 1 is 1.00 bits per heavy atom. The fraction of sp³-hybridized carbons (Fsp3) is 0.300. The Morgan fingerprint density at radius 2 is 1.81 bits per heavy atom. The number of hydrogen-bond acceptors (Lipinski definition) is 6. The molecule has 0 spiro atoms. The van der Waals surface area contributed by atoms with Crippen LogP contribution in [0.5, 0.6) is 5.75 Å². The molecule has 27 heavy (non-hydrogen) atoms. The van der Waals surface area contributed by atoms with Gasteiger partial charge in [-0.1, -0.05) is 11.6 Å². The first-order valence-electron chi connectivity index (χ1n) is 8.92. The predicted molar refractivity (Wildman–Crippen MR) is 108 cm³/mol. The SMILES string of the molecule is COc1ccc2nc(C)c(/C=C/c3nc(Cl)cc(N4CCCC4)n3)nc2c1. The average molecular weight is 382 g/mol. The molecule has 0 amide bonds. The summed E-state index contributed by atoms with van der Waals surface area (Å²) in [4.78, 5) is 20.5. The van der Waals surface area contributed by atoms with E-state index in [0.29, 0.717) is 11.0 Å². The van der Waals surface area contributed by atoms with E-state index in [-0.39, 0.29) is 0 Å². The van der Waals surface area contributed by atoms with Gasteiger partial charge in [0.2, 0.25) is 0 Å². The minimum Gasteiger partial charge on any atom is -0.497 e. The zero-order valence-electron chi connectivity index (χ0n) is 15.3. The number of halogens is 1. The molecule has 6 nitrogen and oxygen atoms in total. The van der Waals surface area contributed by atoms with E-state index in [0.717, 1.165) is 47.1 Å². The molecule has 1 aliphatic heterocycles. The van der Waals surface area contributed by atoms with Crippen LogP contribution >= 0.6 is 11.6 Å². The fourth-order valence-corrected chi connectivity index (χ4v) is 3.36. The lowest BCUT2D eigenvalue weighted by molar-refractivity contribution is 0.415. The number of hydrogen-bond donors (Lipinski definition) is 0. The van der Waals surface area contributed by atoms with Crippen LogP contribution in [0.15, 0.2) is 24.3 Å². The van der Waals surface area contributed by atoms with E-state index in [1.807, 2.05) is 43.3 Å². The molecule has 3 heterocycles. The Labute approximate surface area is 162 Å². The van der Waals surface area contributed by atoms with Gasteiger partial charge < -0.3 is 9.64 Å². The highest BCUT2D eigenvalue weighted by Crippen LogP contribution is 2.22. The molecular weight excluding hydrogens is 362 g/mol. The number of aromatic nitrogens is 4. The van der Waals surface area contributed by atoms with E-state index in [1.54, 1.807) is 7.11 Å². The third-order valence-electron chi connectivity index (χ3n) is 4.60. The first-order valence-corrected chi connectivity index (χ1v) is 9.30. The summed E-state index contributed by atoms with van der Waals surface area (Å²) in [6, 6.07) is 7.48. The van der Waals surface area contributed by atoms with E-state index < -0.39 is 0 Å². The number of ether oxygens (including phenoxy) is 1. The number of rotatable bonds is 4. The van der Waals surface area contributed by atoms with Crippen LogP contribution < -0.4 is 9.64 Å². The number of anilines is 1. The standard InChI is InChI=1S/C20H20ClN5O/c1-13-15(23-17-11-14(27-2)5-6-16(17)22-13)7-8-19-24-18(21)12-20(25-19)26-9-3-4-10-26/h5-8,11-12H,3-4,9-10H2,1-2H3/b8-7+. The molecule has 0 bridgehead atoms. The van der Waals surface area contributed by atoms with Crippen LogP contribution in [-0.4, -0.2) is 40.1 Å². The molecular formula is C20H20ClN5O. The molecule has 0 unspecified atom stereocenters. The van der Waals surface area contributed by atoms with Crippen LogP contribution in [-0.2, 0) is 0 Å². The van der Waals surface area contributed by atoms with Crippen molar-refractivity contribution < 1.29 is 4.74 Å². The van der Waals surface area contributed by atoms with Gasteiger partial charge in [-0.15, -0.1) is 0 Å². The largest absolute Gasteiger partial charge is 0.497 e. The van der Waals surface area contributed by atoms with Gasteiger partial charge in [0.25, 0.3) is 0 Å². The predicted octanol–water partition coefficient (Wildman–Crippen LogP) is 4.16. The van der Waals surface area contributed by atoms with Crippen LogP contribution in [0.4, 0.5) is 5.82 Å². The van der Waals surface area contributed by atoms with Gasteiger partial charge in [0.05, 0.1) is 29.5 Å². The molecule has 1 saturated heterocycles. The van der Waals surface area contributed by atoms with E-state index in [4.69, 9.17) is 21.3 Å². The molecule has 0 radical (unpaired) electrons. The van der Waals surface area contributed by atoms with E-state index >= 15 is 0 Å². The summed E-state index contributed by atoms with van der Waals surface area (Å²) in [5, 5.41) is 0.442. The van der Waals surface area contributed by atoms with Crippen molar-refractivity contribution in [2.45, 2.75) is 19.8 Å². The molecule has 0 saturated carbocycles. The van der Waals surface area contributed by atoms with Crippen LogP contribution in [0.25, 0.3) is 23.2 Å². The Morgan fingerprint density at radius 3 is 2.59 bits per heavy atom. The normalized spacial score (nSPS) is 14.4. The summed E-state index contributed by atoms with van der Waals surface area (Å²) in [5.74, 6) is 2.19. The van der Waals surface area contributed by atoms with Gasteiger partial charge in [-0.05, 0) is 44.1 Å². The van der Waals surface area contributed by atoms with Gasteiger partial charge in [0.1, 0.15) is 16.7 Å². The zero-order valence-corrected chi connectivity index (χ0v) is 16.1. The van der Waals surface area contributed by atoms with Crippen molar-refractivity contribution >= 4 is 40.6 Å². The number of aryl methyl sites for hydroxylation is 1. The highest BCUT2D eigenvalue weighted by Gasteiger charge is 2.15. The molecule has 4 rings (SSSR count). The zero-order chi connectivity index (χ0) is 18.8. The molecule has 2 aromatic heterocycles. The quantitative estimate of drug-likeness (QED) is 0.632. The topological polar surface area (TPSA) is 64.0 Å². The Kier molecular flexibility index (Phi) is 4.90. The molecule has 1 fully saturated rings. The maximum atomic E-state index is 6.20. The number of nitrogens with zero attached hydrogens (tertiary/aromatic N) is 5. The molecule has 0 atom stereocenters. The minimum absolute atomic E-state index is 0.442. The van der Waals surface area contributed by atoms with Gasteiger partial charge in [0.15, 0.2) is 5.82 Å². The molecule has 1 aromatic carbocycles. The molecule has 0 N–H and O–H groups in total. The highest BCUT2D eigenvalue weighted by atomic mass is 35.5. The second-order valence-electron chi connectivity index (χ2n) is 6.48. The third kappa shape index (κ3) is 3.85. The first kappa shape index (κ1) is 17.7. The van der Waals surface area contributed by atoms with Gasteiger partial charge in [-0.25, -0.2) is 19.9 Å². The van der Waals surface area contributed by atoms with Crippen molar-refractivity contribution in [2.24, 2.45) is 0 Å².